The zero-order chi connectivity index (χ0) is 35.7. The molecule has 0 spiro atoms. The molecule has 2 fully saturated rings. The summed E-state index contributed by atoms with van der Waals surface area (Å²) >= 11 is 7.78. The lowest BCUT2D eigenvalue weighted by Crippen LogP contribution is -2.58. The van der Waals surface area contributed by atoms with Crippen molar-refractivity contribution in [2.75, 3.05) is 57.1 Å². The molecule has 6 rings (SSSR count). The number of aromatic nitrogens is 2. The monoisotopic (exact) mass is 723 g/mol. The highest BCUT2D eigenvalue weighted by molar-refractivity contribution is 7.23. The summed E-state index contributed by atoms with van der Waals surface area (Å²) in [5.41, 5.74) is 6.27. The molecular formula is C36H40ClF2N7O3S. The molecule has 50 heavy (non-hydrogen) atoms. The van der Waals surface area contributed by atoms with E-state index < -0.39 is 11.6 Å². The van der Waals surface area contributed by atoms with Gasteiger partial charge in [-0.05, 0) is 76.4 Å². The van der Waals surface area contributed by atoms with Gasteiger partial charge in [-0.3, -0.25) is 4.79 Å². The summed E-state index contributed by atoms with van der Waals surface area (Å²) in [6, 6.07) is 5.80. The van der Waals surface area contributed by atoms with Gasteiger partial charge in [0.25, 0.3) is 0 Å². The molecule has 0 aliphatic carbocycles. The number of nitrogen functional groups attached to an aromatic ring is 1. The van der Waals surface area contributed by atoms with Gasteiger partial charge in [-0.25, -0.2) is 8.78 Å². The number of rotatable bonds is 11. The number of likely N-dealkylation sites (tertiary alicyclic amines) is 1. The lowest BCUT2D eigenvalue weighted by molar-refractivity contribution is -0.128. The standard InChI is InChI=1S/C36H40ClF2N7O3S/c1-5-28(47)45-17-21(3)46(18-20(45)2)35-24-15-26(37)30(23-10-11-27(38)33-29(23)25(16-40)34(41)50-33)31(39)32(24)42-36(43-35)49-14-8-9-22(48-4)19-44-12-6-7-13-44/h5,10-11,15,20-22H,1,6-9,12-14,17-19,41H2,2-4H3. The van der Waals surface area contributed by atoms with Crippen LogP contribution in [0.5, 0.6) is 6.01 Å². The number of carbonyl (C=O) groups is 1. The number of hydrogen-bond acceptors (Lipinski definition) is 10. The lowest BCUT2D eigenvalue weighted by Gasteiger charge is -2.44. The minimum Gasteiger partial charge on any atom is -0.463 e. The Hall–Kier alpha value is -4.09. The van der Waals surface area contributed by atoms with Crippen LogP contribution in [-0.4, -0.2) is 90.3 Å². The second-order valence-corrected chi connectivity index (χ2v) is 14.4. The summed E-state index contributed by atoms with van der Waals surface area (Å²) in [4.78, 5) is 28.1. The van der Waals surface area contributed by atoms with Gasteiger partial charge in [-0.2, -0.15) is 15.2 Å². The number of ether oxygens (including phenoxy) is 2. The topological polar surface area (TPSA) is 121 Å². The van der Waals surface area contributed by atoms with Gasteiger partial charge in [0.2, 0.25) is 5.91 Å². The molecule has 264 valence electrons. The molecule has 3 atom stereocenters. The van der Waals surface area contributed by atoms with E-state index in [4.69, 9.17) is 31.8 Å². The van der Waals surface area contributed by atoms with E-state index in [0.29, 0.717) is 30.7 Å². The van der Waals surface area contributed by atoms with Gasteiger partial charge in [0, 0.05) is 55.2 Å². The first-order valence-corrected chi connectivity index (χ1v) is 17.9. The second kappa shape index (κ2) is 15.0. The number of piperazine rings is 1. The van der Waals surface area contributed by atoms with E-state index in [0.717, 1.165) is 37.4 Å². The highest BCUT2D eigenvalue weighted by Gasteiger charge is 2.34. The Labute approximate surface area is 299 Å². The minimum atomic E-state index is -0.770. The molecule has 0 bridgehead atoms. The molecule has 2 N–H and O–H groups in total. The van der Waals surface area contributed by atoms with Crippen molar-refractivity contribution in [3.63, 3.8) is 0 Å². The fourth-order valence-electron chi connectivity index (χ4n) is 7.06. The molecule has 0 radical (unpaired) electrons. The SMILES string of the molecule is C=CC(=O)N1CC(C)N(c2nc(OCCCC(CN3CCCC3)OC)nc3c(F)c(-c4ccc(F)c5sc(N)c(C#N)c45)c(Cl)cc23)CC1C. The summed E-state index contributed by atoms with van der Waals surface area (Å²) < 4.78 is 43.9. The first-order valence-electron chi connectivity index (χ1n) is 16.7. The van der Waals surface area contributed by atoms with Crippen LogP contribution in [0.2, 0.25) is 5.02 Å². The van der Waals surface area contributed by atoms with Crippen molar-refractivity contribution in [3.05, 3.63) is 53.1 Å². The summed E-state index contributed by atoms with van der Waals surface area (Å²) in [6.45, 7) is 11.6. The molecule has 10 nitrogen and oxygen atoms in total. The number of halogens is 3. The maximum absolute atomic E-state index is 17.0. The van der Waals surface area contributed by atoms with Crippen molar-refractivity contribution in [1.82, 2.24) is 19.8 Å². The molecule has 2 aliphatic rings. The zero-order valence-electron chi connectivity index (χ0n) is 28.3. The summed E-state index contributed by atoms with van der Waals surface area (Å²) in [5, 5.41) is 10.6. The first-order chi connectivity index (χ1) is 24.1. The van der Waals surface area contributed by atoms with Crippen molar-refractivity contribution in [2.24, 2.45) is 0 Å². The second-order valence-electron chi connectivity index (χ2n) is 12.9. The van der Waals surface area contributed by atoms with Gasteiger partial charge in [0.1, 0.15) is 28.2 Å². The third-order valence-corrected chi connectivity index (χ3v) is 11.0. The van der Waals surface area contributed by atoms with Crippen LogP contribution in [-0.2, 0) is 9.53 Å². The Morgan fingerprint density at radius 2 is 2.00 bits per heavy atom. The van der Waals surface area contributed by atoms with Crippen molar-refractivity contribution in [3.8, 4) is 23.2 Å². The summed E-state index contributed by atoms with van der Waals surface area (Å²) in [7, 11) is 1.72. The van der Waals surface area contributed by atoms with E-state index in [1.165, 1.54) is 31.1 Å². The fourth-order valence-corrected chi connectivity index (χ4v) is 8.30. The predicted octanol–water partition coefficient (Wildman–Crippen LogP) is 6.78. The van der Waals surface area contributed by atoms with Crippen LogP contribution in [0.4, 0.5) is 19.6 Å². The third-order valence-electron chi connectivity index (χ3n) is 9.65. The molecule has 3 unspecified atom stereocenters. The minimum absolute atomic E-state index is 0.0145. The Balaban J connectivity index is 1.41. The number of anilines is 2. The molecule has 2 aromatic heterocycles. The average Bonchev–Trinajstić information content (AvgIpc) is 3.75. The number of fused-ring (bicyclic) bond motifs is 2. The van der Waals surface area contributed by atoms with Crippen LogP contribution < -0.4 is 15.4 Å². The Morgan fingerprint density at radius 1 is 1.24 bits per heavy atom. The fraction of sp³-hybridized carbons (Fsp3) is 0.444. The number of nitrogens with zero attached hydrogens (tertiary/aromatic N) is 6. The maximum Gasteiger partial charge on any atom is 0.319 e. The third kappa shape index (κ3) is 6.82. The average molecular weight is 724 g/mol. The lowest BCUT2D eigenvalue weighted by atomic mass is 9.97. The van der Waals surface area contributed by atoms with Gasteiger partial charge >= 0.3 is 6.01 Å². The number of amides is 1. The Kier molecular flexibility index (Phi) is 10.7. The molecule has 2 saturated heterocycles. The molecule has 0 saturated carbocycles. The van der Waals surface area contributed by atoms with E-state index in [1.807, 2.05) is 24.8 Å². The van der Waals surface area contributed by atoms with Crippen molar-refractivity contribution < 1.29 is 23.0 Å². The molecule has 4 heterocycles. The van der Waals surface area contributed by atoms with Gasteiger partial charge in [-0.1, -0.05) is 24.2 Å². The van der Waals surface area contributed by atoms with E-state index in [2.05, 4.69) is 16.5 Å². The summed E-state index contributed by atoms with van der Waals surface area (Å²) in [6.07, 6.45) is 5.19. The number of nitrogens with two attached hydrogens (primary N) is 1. The van der Waals surface area contributed by atoms with Gasteiger partial charge in [0.15, 0.2) is 5.82 Å². The van der Waals surface area contributed by atoms with Gasteiger partial charge in [-0.15, -0.1) is 11.3 Å². The first kappa shape index (κ1) is 35.7. The number of methoxy groups -OCH3 is 1. The van der Waals surface area contributed by atoms with E-state index in [9.17, 15) is 14.4 Å². The molecular weight excluding hydrogens is 684 g/mol. The Bertz CT molecular complexity index is 1980. The van der Waals surface area contributed by atoms with Crippen LogP contribution in [0.3, 0.4) is 0 Å². The van der Waals surface area contributed by atoms with Crippen LogP contribution in [0.15, 0.2) is 30.9 Å². The number of benzene rings is 2. The largest absolute Gasteiger partial charge is 0.463 e. The smallest absolute Gasteiger partial charge is 0.319 e. The number of hydrogen-bond donors (Lipinski definition) is 1. The Morgan fingerprint density at radius 3 is 2.70 bits per heavy atom. The van der Waals surface area contributed by atoms with E-state index in [-0.39, 0.29) is 79.0 Å². The predicted molar refractivity (Wildman–Crippen MR) is 194 cm³/mol. The van der Waals surface area contributed by atoms with Crippen LogP contribution in [0.1, 0.15) is 45.1 Å². The van der Waals surface area contributed by atoms with E-state index in [1.54, 1.807) is 18.1 Å². The molecule has 2 aliphatic heterocycles. The van der Waals surface area contributed by atoms with E-state index >= 15 is 4.39 Å². The van der Waals surface area contributed by atoms with Crippen molar-refractivity contribution in [1.29, 1.82) is 5.26 Å². The normalized spacial score (nSPS) is 18.9. The molecule has 2 aromatic carbocycles. The molecule has 4 aromatic rings. The number of carbonyl (C=O) groups excluding carboxylic acids is 1. The van der Waals surface area contributed by atoms with Crippen molar-refractivity contribution >= 4 is 60.7 Å². The van der Waals surface area contributed by atoms with Gasteiger partial charge < -0.3 is 29.9 Å². The quantitative estimate of drug-likeness (QED) is 0.132. The highest BCUT2D eigenvalue weighted by atomic mass is 35.5. The molecule has 1 amide bonds. The maximum atomic E-state index is 17.0. The zero-order valence-corrected chi connectivity index (χ0v) is 29.9. The van der Waals surface area contributed by atoms with Crippen molar-refractivity contribution in [2.45, 2.75) is 57.7 Å². The van der Waals surface area contributed by atoms with Crippen LogP contribution in [0, 0.1) is 23.0 Å². The summed E-state index contributed by atoms with van der Waals surface area (Å²) in [5.74, 6) is -1.11. The molecule has 14 heteroatoms. The highest BCUT2D eigenvalue weighted by Crippen LogP contribution is 2.46. The number of nitriles is 1. The van der Waals surface area contributed by atoms with Crippen LogP contribution >= 0.6 is 22.9 Å². The number of thiophene rings is 1. The van der Waals surface area contributed by atoms with Crippen LogP contribution in [0.25, 0.3) is 32.1 Å². The van der Waals surface area contributed by atoms with Gasteiger partial charge in [0.05, 0.1) is 28.0 Å².